The number of primary amides is 1. The number of carbonyl (C=O) groups is 1. The summed E-state index contributed by atoms with van der Waals surface area (Å²) >= 11 is 1.69. The summed E-state index contributed by atoms with van der Waals surface area (Å²) in [5, 5.41) is 6.15. The molecule has 25 heavy (non-hydrogen) atoms. The molecule has 2 aromatic carbocycles. The van der Waals surface area contributed by atoms with Gasteiger partial charge in [0.05, 0.1) is 5.56 Å². The summed E-state index contributed by atoms with van der Waals surface area (Å²) in [5.74, 6) is -0.559. The normalized spacial score (nSPS) is 10.7. The van der Waals surface area contributed by atoms with E-state index in [2.05, 4.69) is 11.2 Å². The summed E-state index contributed by atoms with van der Waals surface area (Å²) in [6.07, 6.45) is 0. The topological polar surface area (TPSA) is 69.1 Å². The van der Waals surface area contributed by atoms with E-state index in [4.69, 9.17) is 10.3 Å². The van der Waals surface area contributed by atoms with Gasteiger partial charge in [-0.05, 0) is 22.6 Å². The highest BCUT2D eigenvalue weighted by atomic mass is 32.1. The maximum Gasteiger partial charge on any atom is 0.288 e. The molecule has 0 fully saturated rings. The van der Waals surface area contributed by atoms with Gasteiger partial charge in [-0.2, -0.15) is 0 Å². The number of aromatic nitrogens is 1. The summed E-state index contributed by atoms with van der Waals surface area (Å²) in [4.78, 5) is 12.9. The standard InChI is InChI=1S/C20H14N2O2S/c21-20(23)19-17(14-5-2-1-3-6-14)18(22-24-19)15-10-8-13(9-11-15)16-7-4-12-25-16/h1-12H,(H2,21,23). The Balaban J connectivity index is 1.82. The third kappa shape index (κ3) is 2.86. The van der Waals surface area contributed by atoms with Crippen molar-refractivity contribution >= 4 is 17.2 Å². The van der Waals surface area contributed by atoms with Crippen LogP contribution in [0.1, 0.15) is 10.6 Å². The second-order valence-electron chi connectivity index (χ2n) is 5.52. The summed E-state index contributed by atoms with van der Waals surface area (Å²) in [5.41, 5.74) is 9.54. The highest BCUT2D eigenvalue weighted by Gasteiger charge is 2.22. The summed E-state index contributed by atoms with van der Waals surface area (Å²) < 4.78 is 5.25. The van der Waals surface area contributed by atoms with Crippen molar-refractivity contribution in [2.45, 2.75) is 0 Å². The Labute approximate surface area is 148 Å². The number of amides is 1. The van der Waals surface area contributed by atoms with Crippen LogP contribution in [0.25, 0.3) is 32.8 Å². The average Bonchev–Trinajstić information content (AvgIpc) is 3.32. The van der Waals surface area contributed by atoms with Crippen molar-refractivity contribution < 1.29 is 9.32 Å². The highest BCUT2D eigenvalue weighted by molar-refractivity contribution is 7.13. The number of rotatable bonds is 4. The van der Waals surface area contributed by atoms with Gasteiger partial charge in [0.1, 0.15) is 5.69 Å². The zero-order valence-corrected chi connectivity index (χ0v) is 14.0. The van der Waals surface area contributed by atoms with Crippen LogP contribution >= 0.6 is 11.3 Å². The van der Waals surface area contributed by atoms with Crippen LogP contribution in [0.5, 0.6) is 0 Å². The Bertz CT molecular complexity index is 1000. The lowest BCUT2D eigenvalue weighted by Crippen LogP contribution is -2.11. The van der Waals surface area contributed by atoms with Crippen molar-refractivity contribution in [1.29, 1.82) is 0 Å². The minimum Gasteiger partial charge on any atom is -0.363 e. The molecule has 0 saturated carbocycles. The first kappa shape index (κ1) is 15.4. The van der Waals surface area contributed by atoms with Crippen LogP contribution in [0.4, 0.5) is 0 Å². The molecule has 122 valence electrons. The molecule has 4 rings (SSSR count). The third-order valence-electron chi connectivity index (χ3n) is 3.94. The number of hydrogen-bond acceptors (Lipinski definition) is 4. The van der Waals surface area contributed by atoms with E-state index in [0.29, 0.717) is 11.3 Å². The van der Waals surface area contributed by atoms with E-state index in [1.807, 2.05) is 66.0 Å². The van der Waals surface area contributed by atoms with E-state index in [9.17, 15) is 4.79 Å². The van der Waals surface area contributed by atoms with Crippen LogP contribution in [0.3, 0.4) is 0 Å². The summed E-state index contributed by atoms with van der Waals surface area (Å²) in [6.45, 7) is 0. The fraction of sp³-hybridized carbons (Fsp3) is 0. The Kier molecular flexibility index (Phi) is 3.91. The van der Waals surface area contributed by atoms with Gasteiger partial charge in [0.15, 0.2) is 0 Å². The van der Waals surface area contributed by atoms with Gasteiger partial charge in [-0.25, -0.2) is 0 Å². The molecule has 0 atom stereocenters. The van der Waals surface area contributed by atoms with Crippen LogP contribution < -0.4 is 5.73 Å². The van der Waals surface area contributed by atoms with Gasteiger partial charge >= 0.3 is 0 Å². The molecule has 0 saturated heterocycles. The van der Waals surface area contributed by atoms with Crippen LogP contribution in [0.15, 0.2) is 76.6 Å². The first-order valence-electron chi connectivity index (χ1n) is 7.73. The van der Waals surface area contributed by atoms with Gasteiger partial charge in [0.2, 0.25) is 5.76 Å². The second kappa shape index (κ2) is 6.37. The maximum absolute atomic E-state index is 11.7. The lowest BCUT2D eigenvalue weighted by atomic mass is 9.98. The van der Waals surface area contributed by atoms with E-state index in [1.165, 1.54) is 4.88 Å². The average molecular weight is 346 g/mol. The Morgan fingerprint density at radius 2 is 1.60 bits per heavy atom. The van der Waals surface area contributed by atoms with E-state index in [0.717, 1.165) is 16.7 Å². The molecule has 0 spiro atoms. The van der Waals surface area contributed by atoms with E-state index in [-0.39, 0.29) is 5.76 Å². The highest BCUT2D eigenvalue weighted by Crippen LogP contribution is 2.35. The monoisotopic (exact) mass is 346 g/mol. The molecule has 2 aromatic heterocycles. The summed E-state index contributed by atoms with van der Waals surface area (Å²) in [7, 11) is 0. The second-order valence-corrected chi connectivity index (χ2v) is 6.47. The van der Waals surface area contributed by atoms with Crippen LogP contribution in [0.2, 0.25) is 0 Å². The Hall–Kier alpha value is -3.18. The Morgan fingerprint density at radius 3 is 2.24 bits per heavy atom. The molecule has 0 bridgehead atoms. The predicted molar refractivity (Wildman–Crippen MR) is 99.2 cm³/mol. The molecule has 4 nitrogen and oxygen atoms in total. The SMILES string of the molecule is NC(=O)c1onc(-c2ccc(-c3cccs3)cc2)c1-c1ccccc1. The van der Waals surface area contributed by atoms with Gasteiger partial charge in [-0.3, -0.25) is 4.79 Å². The quantitative estimate of drug-likeness (QED) is 0.575. The molecule has 0 aliphatic heterocycles. The molecule has 2 N–H and O–H groups in total. The van der Waals surface area contributed by atoms with E-state index >= 15 is 0 Å². The van der Waals surface area contributed by atoms with Crippen molar-refractivity contribution in [3.63, 3.8) is 0 Å². The molecule has 0 radical (unpaired) electrons. The van der Waals surface area contributed by atoms with Crippen molar-refractivity contribution in [2.24, 2.45) is 5.73 Å². The number of thiophene rings is 1. The van der Waals surface area contributed by atoms with Crippen molar-refractivity contribution in [2.75, 3.05) is 0 Å². The predicted octanol–water partition coefficient (Wildman–Crippen LogP) is 4.84. The lowest BCUT2D eigenvalue weighted by molar-refractivity contribution is 0.0966. The van der Waals surface area contributed by atoms with Gasteiger partial charge in [-0.1, -0.05) is 65.8 Å². The first-order chi connectivity index (χ1) is 12.2. The number of hydrogen-bond donors (Lipinski definition) is 1. The molecular weight excluding hydrogens is 332 g/mol. The molecule has 2 heterocycles. The molecule has 1 amide bonds. The minimum atomic E-state index is -0.632. The summed E-state index contributed by atoms with van der Waals surface area (Å²) in [6, 6.07) is 21.7. The molecule has 0 aliphatic carbocycles. The lowest BCUT2D eigenvalue weighted by Gasteiger charge is -2.04. The largest absolute Gasteiger partial charge is 0.363 e. The van der Waals surface area contributed by atoms with Crippen LogP contribution in [-0.4, -0.2) is 11.1 Å². The van der Waals surface area contributed by atoms with Gasteiger partial charge in [0, 0.05) is 10.4 Å². The smallest absolute Gasteiger partial charge is 0.288 e. The van der Waals surface area contributed by atoms with Crippen molar-refractivity contribution in [3.05, 3.63) is 77.9 Å². The molecule has 0 aliphatic rings. The third-order valence-corrected chi connectivity index (χ3v) is 4.86. The zero-order chi connectivity index (χ0) is 17.2. The zero-order valence-electron chi connectivity index (χ0n) is 13.2. The van der Waals surface area contributed by atoms with E-state index < -0.39 is 5.91 Å². The van der Waals surface area contributed by atoms with Gasteiger partial charge in [0.25, 0.3) is 5.91 Å². The fourth-order valence-corrected chi connectivity index (χ4v) is 3.50. The number of nitrogens with two attached hydrogens (primary N) is 1. The fourth-order valence-electron chi connectivity index (χ4n) is 2.76. The van der Waals surface area contributed by atoms with Crippen LogP contribution in [0, 0.1) is 0 Å². The van der Waals surface area contributed by atoms with Crippen molar-refractivity contribution in [1.82, 2.24) is 5.16 Å². The van der Waals surface area contributed by atoms with Gasteiger partial charge < -0.3 is 10.3 Å². The molecule has 4 aromatic rings. The van der Waals surface area contributed by atoms with Crippen LogP contribution in [-0.2, 0) is 0 Å². The van der Waals surface area contributed by atoms with E-state index in [1.54, 1.807) is 11.3 Å². The number of benzene rings is 2. The minimum absolute atomic E-state index is 0.0727. The maximum atomic E-state index is 11.7. The number of nitrogens with zero attached hydrogens (tertiary/aromatic N) is 1. The molecule has 0 unspecified atom stereocenters. The molecule has 5 heteroatoms. The number of carbonyl (C=O) groups excluding carboxylic acids is 1. The van der Waals surface area contributed by atoms with Crippen molar-refractivity contribution in [3.8, 4) is 32.8 Å². The Morgan fingerprint density at radius 1 is 0.880 bits per heavy atom. The molecular formula is C20H14N2O2S. The first-order valence-corrected chi connectivity index (χ1v) is 8.61. The van der Waals surface area contributed by atoms with Gasteiger partial charge in [-0.15, -0.1) is 11.3 Å².